The first kappa shape index (κ1) is 24.3. The van der Waals surface area contributed by atoms with Crippen LogP contribution < -0.4 is 5.73 Å². The number of aromatic hydroxyl groups is 1. The summed E-state index contributed by atoms with van der Waals surface area (Å²) in [5.74, 6) is 1.93. The molecule has 0 aliphatic heterocycles. The highest BCUT2D eigenvalue weighted by molar-refractivity contribution is 5.94. The minimum absolute atomic E-state index is 0.110. The number of amides is 1. The van der Waals surface area contributed by atoms with Gasteiger partial charge in [0.05, 0.1) is 23.3 Å². The molecule has 0 aliphatic rings. The van der Waals surface area contributed by atoms with Gasteiger partial charge in [0.25, 0.3) is 5.91 Å². The molecule has 3 aromatic carbocycles. The molecule has 0 aliphatic carbocycles. The highest BCUT2D eigenvalue weighted by Crippen LogP contribution is 2.34. The van der Waals surface area contributed by atoms with Gasteiger partial charge in [0.1, 0.15) is 11.6 Å². The Morgan fingerprint density at radius 1 is 1.00 bits per heavy atom. The first-order chi connectivity index (χ1) is 16.0. The molecule has 0 saturated carbocycles. The fraction of sp³-hybridized carbons (Fsp3) is 0.120. The number of benzene rings is 3. The van der Waals surface area contributed by atoms with E-state index in [9.17, 15) is 32.3 Å². The zero-order chi connectivity index (χ0) is 25.0. The van der Waals surface area contributed by atoms with Gasteiger partial charge in [0, 0.05) is 11.1 Å². The summed E-state index contributed by atoms with van der Waals surface area (Å²) in [4.78, 5) is 23.5. The summed E-state index contributed by atoms with van der Waals surface area (Å²) in [6, 6.07) is 10.3. The molecule has 34 heavy (non-hydrogen) atoms. The number of hydrogen-bond donors (Lipinski definition) is 2. The van der Waals surface area contributed by atoms with Crippen molar-refractivity contribution in [2.75, 3.05) is 6.61 Å². The van der Waals surface area contributed by atoms with E-state index in [-0.39, 0.29) is 40.0 Å². The van der Waals surface area contributed by atoms with E-state index in [2.05, 4.69) is 11.8 Å². The first-order valence-corrected chi connectivity index (χ1v) is 9.84. The van der Waals surface area contributed by atoms with Gasteiger partial charge >= 0.3 is 12.1 Å². The van der Waals surface area contributed by atoms with Gasteiger partial charge in [-0.2, -0.15) is 13.2 Å². The standard InChI is InChI=1S/C25H17F4NO4/c1-2-34-24(33)17-6-4-14(3-5-15-7-9-18(31)13-21(15)25(27,28)29)20(11-17)16-8-10-19(23(30)32)22(26)12-16/h4,6-13,31H,2H2,1H3,(H2,30,32). The number of halogens is 4. The smallest absolute Gasteiger partial charge is 0.417 e. The van der Waals surface area contributed by atoms with Gasteiger partial charge in [-0.15, -0.1) is 0 Å². The Labute approximate surface area is 191 Å². The van der Waals surface area contributed by atoms with E-state index in [1.54, 1.807) is 6.92 Å². The Morgan fingerprint density at radius 3 is 2.29 bits per heavy atom. The van der Waals surface area contributed by atoms with Crippen LogP contribution in [0.15, 0.2) is 54.6 Å². The quantitative estimate of drug-likeness (QED) is 0.322. The molecule has 0 atom stereocenters. The van der Waals surface area contributed by atoms with Gasteiger partial charge < -0.3 is 15.6 Å². The van der Waals surface area contributed by atoms with Gasteiger partial charge in [-0.1, -0.05) is 17.9 Å². The number of nitrogens with two attached hydrogens (primary N) is 1. The molecule has 3 aromatic rings. The number of carbonyl (C=O) groups excluding carboxylic acids is 2. The third-order valence-corrected chi connectivity index (χ3v) is 4.72. The predicted octanol–water partition coefficient (Wildman–Crippen LogP) is 4.89. The topological polar surface area (TPSA) is 89.6 Å². The van der Waals surface area contributed by atoms with Crippen molar-refractivity contribution in [3.05, 3.63) is 88.2 Å². The number of hydrogen-bond acceptors (Lipinski definition) is 4. The second kappa shape index (κ2) is 9.67. The van der Waals surface area contributed by atoms with E-state index in [4.69, 9.17) is 10.5 Å². The Morgan fingerprint density at radius 2 is 1.68 bits per heavy atom. The monoisotopic (exact) mass is 471 g/mol. The minimum Gasteiger partial charge on any atom is -0.508 e. The molecular weight excluding hydrogens is 454 g/mol. The average molecular weight is 471 g/mol. The van der Waals surface area contributed by atoms with Crippen LogP contribution in [0.25, 0.3) is 11.1 Å². The van der Waals surface area contributed by atoms with Crippen molar-refractivity contribution in [1.29, 1.82) is 0 Å². The number of phenolic OH excluding ortho intramolecular Hbond substituents is 1. The summed E-state index contributed by atoms with van der Waals surface area (Å²) in [6.45, 7) is 1.73. The molecule has 0 aromatic heterocycles. The SMILES string of the molecule is CCOC(=O)c1ccc(C#Cc2ccc(O)cc2C(F)(F)F)c(-c2ccc(C(N)=O)c(F)c2)c1. The van der Waals surface area contributed by atoms with Crippen molar-refractivity contribution in [2.24, 2.45) is 5.73 Å². The third-order valence-electron chi connectivity index (χ3n) is 4.72. The Balaban J connectivity index is 2.18. The van der Waals surface area contributed by atoms with Gasteiger partial charge in [-0.05, 0) is 66.6 Å². The molecule has 5 nitrogen and oxygen atoms in total. The molecule has 0 bridgehead atoms. The lowest BCUT2D eigenvalue weighted by Crippen LogP contribution is -2.13. The highest BCUT2D eigenvalue weighted by Gasteiger charge is 2.33. The largest absolute Gasteiger partial charge is 0.508 e. The van der Waals surface area contributed by atoms with E-state index >= 15 is 0 Å². The van der Waals surface area contributed by atoms with Crippen molar-refractivity contribution in [3.63, 3.8) is 0 Å². The van der Waals surface area contributed by atoms with Gasteiger partial charge in [-0.25, -0.2) is 9.18 Å². The number of phenols is 1. The maximum Gasteiger partial charge on any atom is 0.417 e. The fourth-order valence-corrected chi connectivity index (χ4v) is 3.13. The number of rotatable bonds is 4. The van der Waals surface area contributed by atoms with Crippen molar-refractivity contribution in [1.82, 2.24) is 0 Å². The summed E-state index contributed by atoms with van der Waals surface area (Å²) in [5, 5.41) is 9.43. The number of ether oxygens (including phenoxy) is 1. The summed E-state index contributed by atoms with van der Waals surface area (Å²) >= 11 is 0. The average Bonchev–Trinajstić information content (AvgIpc) is 2.77. The van der Waals surface area contributed by atoms with Crippen molar-refractivity contribution >= 4 is 11.9 Å². The molecule has 0 saturated heterocycles. The lowest BCUT2D eigenvalue weighted by atomic mass is 9.95. The van der Waals surface area contributed by atoms with Crippen LogP contribution in [0.3, 0.4) is 0 Å². The van der Waals surface area contributed by atoms with Crippen LogP contribution >= 0.6 is 0 Å². The zero-order valence-corrected chi connectivity index (χ0v) is 17.7. The Kier molecular flexibility index (Phi) is 6.92. The third kappa shape index (κ3) is 5.35. The van der Waals surface area contributed by atoms with Crippen molar-refractivity contribution < 1.29 is 37.0 Å². The molecule has 9 heteroatoms. The maximum absolute atomic E-state index is 14.4. The van der Waals surface area contributed by atoms with Gasteiger partial charge in [-0.3, -0.25) is 4.79 Å². The predicted molar refractivity (Wildman–Crippen MR) is 115 cm³/mol. The summed E-state index contributed by atoms with van der Waals surface area (Å²) in [5.41, 5.74) is 3.99. The number of alkyl halides is 3. The number of primary amides is 1. The molecule has 3 N–H and O–H groups in total. The highest BCUT2D eigenvalue weighted by atomic mass is 19.4. The van der Waals surface area contributed by atoms with Crippen molar-refractivity contribution in [2.45, 2.75) is 13.1 Å². The molecule has 0 unspecified atom stereocenters. The first-order valence-electron chi connectivity index (χ1n) is 9.84. The lowest BCUT2D eigenvalue weighted by molar-refractivity contribution is -0.137. The molecule has 0 heterocycles. The van der Waals surface area contributed by atoms with Gasteiger partial charge in [0.2, 0.25) is 0 Å². The zero-order valence-electron chi connectivity index (χ0n) is 17.7. The second-order valence-electron chi connectivity index (χ2n) is 7.02. The van der Waals surface area contributed by atoms with Gasteiger partial charge in [0.15, 0.2) is 0 Å². The molecule has 0 spiro atoms. The maximum atomic E-state index is 14.4. The molecule has 0 fully saturated rings. The van der Waals surface area contributed by atoms with Crippen LogP contribution in [0.5, 0.6) is 5.75 Å². The molecule has 0 radical (unpaired) electrons. The fourth-order valence-electron chi connectivity index (χ4n) is 3.13. The minimum atomic E-state index is -4.76. The van der Waals surface area contributed by atoms with Crippen LogP contribution in [0.2, 0.25) is 0 Å². The molecule has 1 amide bonds. The van der Waals surface area contributed by atoms with E-state index in [1.807, 2.05) is 0 Å². The van der Waals surface area contributed by atoms with Crippen LogP contribution in [-0.4, -0.2) is 23.6 Å². The van der Waals surface area contributed by atoms with Crippen molar-refractivity contribution in [3.8, 4) is 28.7 Å². The summed E-state index contributed by atoms with van der Waals surface area (Å²) in [7, 11) is 0. The second-order valence-corrected chi connectivity index (χ2v) is 7.02. The van der Waals surface area contributed by atoms with E-state index in [1.165, 1.54) is 24.3 Å². The summed E-state index contributed by atoms with van der Waals surface area (Å²) in [6.07, 6.45) is -4.76. The normalized spacial score (nSPS) is 10.9. The number of esters is 1. The Bertz CT molecular complexity index is 1340. The van der Waals surface area contributed by atoms with E-state index in [0.29, 0.717) is 6.07 Å². The molecule has 174 valence electrons. The number of carbonyl (C=O) groups is 2. The van der Waals surface area contributed by atoms with E-state index in [0.717, 1.165) is 24.3 Å². The van der Waals surface area contributed by atoms with Crippen LogP contribution in [-0.2, 0) is 10.9 Å². The lowest BCUT2D eigenvalue weighted by Gasteiger charge is -2.11. The molecule has 3 rings (SSSR count). The van der Waals surface area contributed by atoms with E-state index < -0.39 is 35.2 Å². The summed E-state index contributed by atoms with van der Waals surface area (Å²) < 4.78 is 59.4. The van der Waals surface area contributed by atoms with Crippen LogP contribution in [0.1, 0.15) is 44.3 Å². The molecular formula is C25H17F4NO4. The van der Waals surface area contributed by atoms with Crippen LogP contribution in [0, 0.1) is 17.7 Å². The Hall–Kier alpha value is -4.32. The van der Waals surface area contributed by atoms with Crippen LogP contribution in [0.4, 0.5) is 17.6 Å².